The van der Waals surface area contributed by atoms with E-state index in [-0.39, 0.29) is 13.9 Å². The van der Waals surface area contributed by atoms with Gasteiger partial charge in [-0.25, -0.2) is 19.6 Å². The fourth-order valence-electron chi connectivity index (χ4n) is 12.7. The van der Waals surface area contributed by atoms with Crippen LogP contribution in [-0.4, -0.2) is 118 Å². The number of halogens is 37. The molecule has 14 nitrogen and oxygen atoms in total. The number of esters is 1. The maximum Gasteiger partial charge on any atom is 0.335 e. The average molecular weight is 5340 g/mol. The Hall–Kier alpha value is 18.8. The van der Waals surface area contributed by atoms with Crippen molar-refractivity contribution in [2.24, 2.45) is 0 Å². The second kappa shape index (κ2) is 52.5. The Kier molecular flexibility index (Phi) is 51.4. The van der Waals surface area contributed by atoms with Crippen LogP contribution in [0.3, 0.4) is 0 Å². The average Bonchev–Trinajstić information content (AvgIpc) is 1.63. The number of carbonyl (C=O) groups excluding carboxylic acids is 1. The number of benzene rings is 4. The van der Waals surface area contributed by atoms with Gasteiger partial charge in [-0.05, 0) is 125 Å². The van der Waals surface area contributed by atoms with Crippen LogP contribution in [0.4, 0.5) is 10.3 Å². The summed E-state index contributed by atoms with van der Waals surface area (Å²) in [7, 11) is -5.55. The largest absolute Gasteiger partial charge is 0.478 e. The second-order valence-corrected chi connectivity index (χ2v) is 775. The number of hydrogen-bond donors (Lipinski definition) is 1. The third-order valence-electron chi connectivity index (χ3n) is 17.5. The molecule has 0 amide bonds. The van der Waals surface area contributed by atoms with Crippen molar-refractivity contribution in [2.45, 2.75) is 100 Å². The molecule has 1 N–H and O–H groups in total. The smallest absolute Gasteiger partial charge is 0.335 e. The molecule has 8 heterocycles. The van der Waals surface area contributed by atoms with Gasteiger partial charge in [0, 0.05) is 97.5 Å². The van der Waals surface area contributed by atoms with Gasteiger partial charge in [-0.15, -0.1) is 0 Å². The first-order chi connectivity index (χ1) is 52.5. The minimum atomic E-state index is -0.909. The molecule has 53 heteroatoms. The first kappa shape index (κ1) is 108. The van der Waals surface area contributed by atoms with Crippen LogP contribution in [0, 0.1) is 0 Å². The zero-order valence-electron chi connectivity index (χ0n) is 54.6. The molecule has 0 spiro atoms. The van der Waals surface area contributed by atoms with E-state index in [1.165, 1.54) is 7.11 Å². The van der Waals surface area contributed by atoms with Gasteiger partial charge < -0.3 is 28.7 Å². The molecule has 6 fully saturated rings. The molecule has 110 heavy (non-hydrogen) atoms. The number of aromatic nitrogens is 4. The third kappa shape index (κ3) is 28.6. The summed E-state index contributed by atoms with van der Waals surface area (Å²) in [6.07, 6.45) is 10.8. The molecule has 4 aromatic heterocycles. The number of piperazine rings is 2. The van der Waals surface area contributed by atoms with E-state index < -0.39 is 116 Å². The van der Waals surface area contributed by atoms with Crippen molar-refractivity contribution in [1.29, 1.82) is 0 Å². The van der Waals surface area contributed by atoms with Crippen molar-refractivity contribution in [3.63, 3.8) is 0 Å². The van der Waals surface area contributed by atoms with Gasteiger partial charge in [0.2, 0.25) is 0 Å². The van der Waals surface area contributed by atoms with Crippen LogP contribution >= 0.6 is 504 Å². The van der Waals surface area contributed by atoms with Crippen LogP contribution in [0.1, 0.15) is 107 Å². The SMILES string of the molecule is COC(=O)c1ccc2nc(N3C4CCC3CN(CCc3c(-c5c(Cl)cccc5Cl)noc3C3CC3)C4)sc2c1.I[I-]I(I)I(I)I(I)I(I)I(I)I(I)I(I)I(I)I(I)I(I)I(I)I(I)I(I)I(I)I(I)I.O=C(O)c1ccc2nc(N3C4CCC3CN(CCc3c(-c5c(Cl)cccc5Cl)noc3C3CC3)C4)sc2c1. The molecular weight excluding hydrogens is 5290 g/mol. The van der Waals surface area contributed by atoms with Gasteiger partial charge in [0.1, 0.15) is 22.9 Å². The quantitative estimate of drug-likeness (QED) is 0.0349. The van der Waals surface area contributed by atoms with E-state index in [0.29, 0.717) is 80.5 Å². The van der Waals surface area contributed by atoms with Gasteiger partial charge in [-0.2, -0.15) is 0 Å². The Morgan fingerprint density at radius 2 is 0.836 bits per heavy atom. The van der Waals surface area contributed by atoms with Crippen LogP contribution in [-0.2, 0) is 17.6 Å². The monoisotopic (exact) mass is 5340 g/mol. The molecular formula is C57H54Cl4I33N8O6S2-. The van der Waals surface area contributed by atoms with Crippen molar-refractivity contribution in [1.82, 2.24) is 30.1 Å². The Labute approximate surface area is 893 Å². The summed E-state index contributed by atoms with van der Waals surface area (Å²) in [5.74, 6) is 1.66. The van der Waals surface area contributed by atoms with Crippen LogP contribution in [0.25, 0.3) is 42.9 Å². The third-order valence-corrected chi connectivity index (χ3v) is 2420. The van der Waals surface area contributed by atoms with Crippen LogP contribution < -0.4 is 23.1 Å². The molecule has 4 aromatic carbocycles. The van der Waals surface area contributed by atoms with Crippen LogP contribution in [0.5, 0.6) is 0 Å². The zero-order valence-corrected chi connectivity index (χ0v) is 130. The van der Waals surface area contributed by atoms with Gasteiger partial charge in [-0.1, -0.05) is 91.5 Å². The summed E-state index contributed by atoms with van der Waals surface area (Å²) >= 11 is 84.1. The van der Waals surface area contributed by atoms with E-state index >= 15 is 0 Å². The Balaban J connectivity index is 0.000000155. The molecule has 4 unspecified atom stereocenters. The number of carboxylic acid groups (broad SMARTS) is 1. The Morgan fingerprint density at radius 3 is 1.16 bits per heavy atom. The van der Waals surface area contributed by atoms with E-state index in [2.05, 4.69) is 346 Å². The maximum atomic E-state index is 12.0. The molecule has 4 atom stereocenters. The molecule has 0 radical (unpaired) electrons. The molecule has 2 aliphatic carbocycles. The molecule has 4 saturated heterocycles. The van der Waals surface area contributed by atoms with Crippen LogP contribution in [0.15, 0.2) is 81.8 Å². The first-order valence-electron chi connectivity index (χ1n) is 31.0. The number of carboxylic acids is 1. The summed E-state index contributed by atoms with van der Waals surface area (Å²) in [5, 5.41) is 22.7. The zero-order chi connectivity index (χ0) is 79.0. The molecule has 630 valence electrons. The number of ether oxygens (including phenoxy) is 1. The topological polar surface area (TPSA) is 154 Å². The summed E-state index contributed by atoms with van der Waals surface area (Å²) in [5.41, 5.74) is 8.03. The van der Waals surface area contributed by atoms with E-state index in [4.69, 9.17) is 70.2 Å². The van der Waals surface area contributed by atoms with E-state index in [1.54, 1.807) is 40.9 Å². The summed E-state index contributed by atoms with van der Waals surface area (Å²) in [6.45, 7) is 5.77. The normalized spacial score (nSPS) is 20.4. The standard InChI is InChI=1S/C29H28Cl2N4O3S.C28H26Cl2N4O3S.I33/c1-37-28(36)17-7-10-23-24(13-17)39-29(32-23)35-18-8-9-19(35)15-34(14-18)12-11-20-26(33-38-27(20)16-5-6-16)25-21(30)3-2-4-22(25)31;29-20-2-1-3-21(30)24(20)25-19(26(37-32-25)15-4-5-15)10-11-33-13-17-7-8-18(14-33)34(17)28-31-22-9-6-16(27(35)36)12-23(22)38-28;1-18-20(4)22(6)24(8)26(10)28(12)30(14)32(16)33(17)31(15)29(13)27(11)25(9)23(7)21(5)19(2)3/h2-4,7,10,13,16,18-19H,5-6,8-9,11-12,14-15H2,1H3;1-3,6,9,12,15,17-18H,4-5,7-8,10-11,13-14H2,(H,35,36);/q;;-1. The number of thiazole rings is 2. The molecule has 8 aromatic rings. The van der Waals surface area contributed by atoms with Gasteiger partial charge in [0.05, 0.1) is 58.8 Å². The predicted octanol–water partition coefficient (Wildman–Crippen LogP) is 38.9. The molecule has 14 rings (SSSR count). The fourth-order valence-corrected chi connectivity index (χ4v) is 5670. The number of rotatable bonds is 29. The fraction of sp³-hybridized carbons (Fsp3) is 0.404. The van der Waals surface area contributed by atoms with Crippen LogP contribution in [0.2, 0.25) is 20.1 Å². The number of methoxy groups -OCH3 is 1. The van der Waals surface area contributed by atoms with Gasteiger partial charge in [-0.3, -0.25) is 9.80 Å². The number of nitrogens with zero attached hydrogens (tertiary/aromatic N) is 8. The Bertz CT molecular complexity index is 4470. The number of anilines is 2. The number of carbonyl (C=O) groups is 2. The molecule has 4 aliphatic heterocycles. The number of hydrogen-bond acceptors (Lipinski definition) is 15. The van der Waals surface area contributed by atoms with Crippen molar-refractivity contribution < 1.29 is 41.7 Å². The number of fused-ring (bicyclic) bond motifs is 6. The van der Waals surface area contributed by atoms with Gasteiger partial charge in [0.15, 0.2) is 10.3 Å². The van der Waals surface area contributed by atoms with Crippen molar-refractivity contribution >= 4 is 547 Å². The maximum absolute atomic E-state index is 12.0. The number of likely N-dealkylation sites (tertiary alicyclic amines) is 2. The summed E-state index contributed by atoms with van der Waals surface area (Å²) in [6, 6.07) is 23.5. The second-order valence-electron chi connectivity index (χ2n) is 23.7. The Morgan fingerprint density at radius 1 is 0.500 bits per heavy atom. The van der Waals surface area contributed by atoms with Gasteiger partial charge >= 0.3 is 460 Å². The first-order valence-corrected chi connectivity index (χ1v) is 235. The van der Waals surface area contributed by atoms with E-state index in [1.807, 2.05) is 54.6 Å². The summed E-state index contributed by atoms with van der Waals surface area (Å²) in [4.78, 5) is 43.3. The van der Waals surface area contributed by atoms with E-state index in [0.717, 1.165) is 179 Å². The van der Waals surface area contributed by atoms with Crippen molar-refractivity contribution in [3.8, 4) is 22.5 Å². The van der Waals surface area contributed by atoms with Crippen molar-refractivity contribution in [3.05, 3.63) is 127 Å². The minimum Gasteiger partial charge on any atom is -0.478 e. The predicted molar refractivity (Wildman–Crippen MR) is 753 cm³/mol. The van der Waals surface area contributed by atoms with Crippen molar-refractivity contribution in [2.75, 3.05) is 56.2 Å². The van der Waals surface area contributed by atoms with E-state index in [9.17, 15) is 14.7 Å². The molecule has 4 bridgehead atoms. The summed E-state index contributed by atoms with van der Waals surface area (Å²) < 4.78 is 18.6. The minimum absolute atomic E-state index is 0.303. The molecule has 6 aliphatic rings. The molecule has 2 saturated carbocycles. The van der Waals surface area contributed by atoms with Gasteiger partial charge in [0.25, 0.3) is 0 Å². The number of aromatic carboxylic acids is 1.